The van der Waals surface area contributed by atoms with Crippen molar-refractivity contribution >= 4 is 44.3 Å². The Morgan fingerprint density at radius 2 is 1.70 bits per heavy atom. The quantitative estimate of drug-likeness (QED) is 0.517. The largest absolute Gasteiger partial charge is 0.486 e. The fourth-order valence-electron chi connectivity index (χ4n) is 2.03. The second-order valence-corrected chi connectivity index (χ2v) is 6.30. The first-order valence-electron chi connectivity index (χ1n) is 6.05. The van der Waals surface area contributed by atoms with Gasteiger partial charge in [0.2, 0.25) is 0 Å². The van der Waals surface area contributed by atoms with Gasteiger partial charge in [-0.25, -0.2) is 0 Å². The molecular formula is C15H10BrIO3. The van der Waals surface area contributed by atoms with Gasteiger partial charge in [-0.2, -0.15) is 0 Å². The monoisotopic (exact) mass is 444 g/mol. The van der Waals surface area contributed by atoms with Gasteiger partial charge in [0.25, 0.3) is 0 Å². The van der Waals surface area contributed by atoms with E-state index < -0.39 is 0 Å². The van der Waals surface area contributed by atoms with Crippen LogP contribution in [0.25, 0.3) is 0 Å². The van der Waals surface area contributed by atoms with Crippen molar-refractivity contribution in [2.45, 2.75) is 0 Å². The van der Waals surface area contributed by atoms with Crippen molar-refractivity contribution in [3.8, 4) is 11.5 Å². The molecule has 0 aliphatic carbocycles. The lowest BCUT2D eigenvalue weighted by Gasteiger charge is -2.19. The smallest absolute Gasteiger partial charge is 0.195 e. The summed E-state index contributed by atoms with van der Waals surface area (Å²) in [7, 11) is 0. The molecule has 0 bridgehead atoms. The van der Waals surface area contributed by atoms with Gasteiger partial charge in [-0.15, -0.1) is 0 Å². The predicted molar refractivity (Wildman–Crippen MR) is 87.7 cm³/mol. The van der Waals surface area contributed by atoms with Gasteiger partial charge >= 0.3 is 0 Å². The molecule has 0 unspecified atom stereocenters. The van der Waals surface area contributed by atoms with Crippen LogP contribution in [0, 0.1) is 3.57 Å². The van der Waals surface area contributed by atoms with Crippen molar-refractivity contribution in [1.29, 1.82) is 0 Å². The summed E-state index contributed by atoms with van der Waals surface area (Å²) >= 11 is 5.60. The van der Waals surface area contributed by atoms with Crippen molar-refractivity contribution in [1.82, 2.24) is 0 Å². The van der Waals surface area contributed by atoms with E-state index in [9.17, 15) is 4.79 Å². The number of ether oxygens (including phenoxy) is 2. The van der Waals surface area contributed by atoms with E-state index >= 15 is 0 Å². The van der Waals surface area contributed by atoms with Gasteiger partial charge in [-0.05, 0) is 62.8 Å². The van der Waals surface area contributed by atoms with Crippen LogP contribution in [0.2, 0.25) is 0 Å². The molecule has 3 nitrogen and oxygen atoms in total. The minimum absolute atomic E-state index is 0.0288. The SMILES string of the molecule is O=C(c1cc2c(cc1Br)OCCO2)c1ccccc1I. The van der Waals surface area contributed by atoms with Crippen molar-refractivity contribution in [2.24, 2.45) is 0 Å². The first-order chi connectivity index (χ1) is 9.66. The lowest BCUT2D eigenvalue weighted by molar-refractivity contribution is 0.103. The van der Waals surface area contributed by atoms with Crippen LogP contribution in [0.15, 0.2) is 40.9 Å². The van der Waals surface area contributed by atoms with Crippen LogP contribution in [-0.2, 0) is 0 Å². The summed E-state index contributed by atoms with van der Waals surface area (Å²) in [6.07, 6.45) is 0. The molecule has 0 saturated heterocycles. The highest BCUT2D eigenvalue weighted by Crippen LogP contribution is 2.36. The summed E-state index contributed by atoms with van der Waals surface area (Å²) in [6, 6.07) is 11.0. The van der Waals surface area contributed by atoms with E-state index in [0.29, 0.717) is 40.3 Å². The molecular weight excluding hydrogens is 435 g/mol. The molecule has 2 aromatic carbocycles. The molecule has 3 rings (SSSR count). The zero-order valence-electron chi connectivity index (χ0n) is 10.4. The second kappa shape index (κ2) is 5.73. The zero-order valence-corrected chi connectivity index (χ0v) is 14.1. The standard InChI is InChI=1S/C15H10BrIO3/c16-11-8-14-13(19-5-6-20-14)7-10(11)15(18)9-3-1-2-4-12(9)17/h1-4,7-8H,5-6H2. The van der Waals surface area contributed by atoms with Crippen LogP contribution in [0.1, 0.15) is 15.9 Å². The first kappa shape index (κ1) is 13.9. The van der Waals surface area contributed by atoms with Gasteiger partial charge < -0.3 is 9.47 Å². The second-order valence-electron chi connectivity index (χ2n) is 4.28. The normalized spacial score (nSPS) is 13.1. The highest BCUT2D eigenvalue weighted by Gasteiger charge is 2.20. The topological polar surface area (TPSA) is 35.5 Å². The van der Waals surface area contributed by atoms with Gasteiger partial charge in [0.1, 0.15) is 13.2 Å². The Kier molecular flexibility index (Phi) is 3.98. The summed E-state index contributed by atoms with van der Waals surface area (Å²) < 4.78 is 12.7. The number of carbonyl (C=O) groups is 1. The number of benzene rings is 2. The third-order valence-electron chi connectivity index (χ3n) is 2.99. The molecule has 1 aliphatic heterocycles. The van der Waals surface area contributed by atoms with Gasteiger partial charge in [0, 0.05) is 19.2 Å². The van der Waals surface area contributed by atoms with Crippen LogP contribution in [0.5, 0.6) is 11.5 Å². The van der Waals surface area contributed by atoms with Crippen molar-refractivity contribution in [2.75, 3.05) is 13.2 Å². The van der Waals surface area contributed by atoms with Crippen molar-refractivity contribution in [3.63, 3.8) is 0 Å². The molecule has 5 heteroatoms. The minimum Gasteiger partial charge on any atom is -0.486 e. The van der Waals surface area contributed by atoms with Crippen LogP contribution < -0.4 is 9.47 Å². The van der Waals surface area contributed by atoms with Crippen LogP contribution in [-0.4, -0.2) is 19.0 Å². The minimum atomic E-state index is -0.0288. The number of ketones is 1. The highest BCUT2D eigenvalue weighted by atomic mass is 127. The van der Waals surface area contributed by atoms with E-state index in [1.54, 1.807) is 12.1 Å². The van der Waals surface area contributed by atoms with Gasteiger partial charge in [0.05, 0.1) is 0 Å². The predicted octanol–water partition coefficient (Wildman–Crippen LogP) is 4.06. The summed E-state index contributed by atoms with van der Waals surface area (Å²) in [6.45, 7) is 1.04. The molecule has 1 heterocycles. The Morgan fingerprint density at radius 1 is 1.05 bits per heavy atom. The molecule has 0 atom stereocenters. The Labute approximate surface area is 138 Å². The Bertz CT molecular complexity index is 685. The fourth-order valence-corrected chi connectivity index (χ4v) is 3.16. The van der Waals surface area contributed by atoms with Gasteiger partial charge in [-0.3, -0.25) is 4.79 Å². The summed E-state index contributed by atoms with van der Waals surface area (Å²) in [4.78, 5) is 12.6. The highest BCUT2D eigenvalue weighted by molar-refractivity contribution is 14.1. The van der Waals surface area contributed by atoms with E-state index in [1.165, 1.54) is 0 Å². The number of halogens is 2. The Hall–Kier alpha value is -1.08. The van der Waals surface area contributed by atoms with Crippen LogP contribution in [0.4, 0.5) is 0 Å². The van der Waals surface area contributed by atoms with Gasteiger partial charge in [-0.1, -0.05) is 12.1 Å². The van der Waals surface area contributed by atoms with Crippen LogP contribution in [0.3, 0.4) is 0 Å². The number of carbonyl (C=O) groups excluding carboxylic acids is 1. The third kappa shape index (κ3) is 2.56. The number of fused-ring (bicyclic) bond motifs is 1. The van der Waals surface area contributed by atoms with E-state index in [0.717, 1.165) is 3.57 Å². The molecule has 0 spiro atoms. The maximum Gasteiger partial charge on any atom is 0.195 e. The molecule has 0 saturated carbocycles. The third-order valence-corrected chi connectivity index (χ3v) is 4.59. The summed E-state index contributed by atoms with van der Waals surface area (Å²) in [5, 5.41) is 0. The fraction of sp³-hybridized carbons (Fsp3) is 0.133. The first-order valence-corrected chi connectivity index (χ1v) is 7.92. The maximum atomic E-state index is 12.6. The number of hydrogen-bond donors (Lipinski definition) is 0. The molecule has 0 radical (unpaired) electrons. The molecule has 20 heavy (non-hydrogen) atoms. The average molecular weight is 445 g/mol. The Morgan fingerprint density at radius 3 is 2.40 bits per heavy atom. The average Bonchev–Trinajstić information content (AvgIpc) is 2.46. The number of hydrogen-bond acceptors (Lipinski definition) is 3. The molecule has 0 aromatic heterocycles. The van der Waals surface area contributed by atoms with Crippen molar-refractivity contribution < 1.29 is 14.3 Å². The summed E-state index contributed by atoms with van der Waals surface area (Å²) in [5.41, 5.74) is 1.27. The van der Waals surface area contributed by atoms with E-state index in [4.69, 9.17) is 9.47 Å². The number of rotatable bonds is 2. The van der Waals surface area contributed by atoms with E-state index in [1.807, 2.05) is 24.3 Å². The Balaban J connectivity index is 2.06. The molecule has 2 aromatic rings. The molecule has 0 amide bonds. The lowest BCUT2D eigenvalue weighted by atomic mass is 10.0. The van der Waals surface area contributed by atoms with Gasteiger partial charge in [0.15, 0.2) is 17.3 Å². The molecule has 0 fully saturated rings. The van der Waals surface area contributed by atoms with Crippen LogP contribution >= 0.6 is 38.5 Å². The lowest BCUT2D eigenvalue weighted by Crippen LogP contribution is -2.16. The summed E-state index contributed by atoms with van der Waals surface area (Å²) in [5.74, 6) is 1.26. The molecule has 102 valence electrons. The molecule has 0 N–H and O–H groups in total. The zero-order chi connectivity index (χ0) is 14.1. The van der Waals surface area contributed by atoms with E-state index in [-0.39, 0.29) is 5.78 Å². The van der Waals surface area contributed by atoms with Crippen molar-refractivity contribution in [3.05, 3.63) is 55.6 Å². The molecule has 1 aliphatic rings. The maximum absolute atomic E-state index is 12.6. The van der Waals surface area contributed by atoms with E-state index in [2.05, 4.69) is 38.5 Å².